The van der Waals surface area contributed by atoms with Crippen LogP contribution in [0.5, 0.6) is 0 Å². The van der Waals surface area contributed by atoms with Gasteiger partial charge in [-0.05, 0) is 84.1 Å². The third kappa shape index (κ3) is 5.38. The predicted molar refractivity (Wildman–Crippen MR) is 155 cm³/mol. The summed E-state index contributed by atoms with van der Waals surface area (Å²) in [7, 11) is -4.37. The molecule has 0 amide bonds. The van der Waals surface area contributed by atoms with Gasteiger partial charge >= 0.3 is 0 Å². The molecule has 0 unspecified atom stereocenters. The second kappa shape index (κ2) is 9.86. The summed E-state index contributed by atoms with van der Waals surface area (Å²) in [6.45, 7) is 2.06. The number of nitrogens with one attached hydrogen (secondary N) is 2. The van der Waals surface area contributed by atoms with Crippen LogP contribution in [-0.2, 0) is 10.1 Å². The molecular weight excluding hydrogens is 556 g/mol. The molecule has 2 heterocycles. The summed E-state index contributed by atoms with van der Waals surface area (Å²) in [6.07, 6.45) is 0. The Morgan fingerprint density at radius 3 is 2.38 bits per heavy atom. The first-order valence-corrected chi connectivity index (χ1v) is 14.3. The van der Waals surface area contributed by atoms with Gasteiger partial charge < -0.3 is 10.6 Å². The highest BCUT2D eigenvalue weighted by atomic mass is 35.5. The number of nitrogens with zero attached hydrogens (tertiary/aromatic N) is 4. The maximum Gasteiger partial charge on any atom is 0.294 e. The van der Waals surface area contributed by atoms with Crippen molar-refractivity contribution in [1.29, 1.82) is 0 Å². The van der Waals surface area contributed by atoms with E-state index in [2.05, 4.69) is 44.6 Å². The molecule has 0 radical (unpaired) electrons. The molecule has 0 fully saturated rings. The van der Waals surface area contributed by atoms with Crippen molar-refractivity contribution in [2.75, 3.05) is 10.6 Å². The number of fused-ring (bicyclic) bond motifs is 2. The number of hydrogen-bond donors (Lipinski definition) is 3. The van der Waals surface area contributed by atoms with Crippen LogP contribution in [0.1, 0.15) is 5.56 Å². The van der Waals surface area contributed by atoms with Crippen molar-refractivity contribution in [1.82, 2.24) is 19.9 Å². The van der Waals surface area contributed by atoms with E-state index in [0.717, 1.165) is 31.9 Å². The van der Waals surface area contributed by atoms with E-state index in [1.54, 1.807) is 29.5 Å². The lowest BCUT2D eigenvalue weighted by Crippen LogP contribution is -2.04. The van der Waals surface area contributed by atoms with Gasteiger partial charge in [0.05, 0.1) is 15.1 Å². The Morgan fingerprint density at radius 2 is 1.62 bits per heavy atom. The van der Waals surface area contributed by atoms with Gasteiger partial charge in [0, 0.05) is 22.3 Å². The lowest BCUT2D eigenvalue weighted by Gasteiger charge is -2.11. The Kier molecular flexibility index (Phi) is 6.35. The molecule has 9 nitrogen and oxygen atoms in total. The Hall–Kier alpha value is -4.16. The van der Waals surface area contributed by atoms with Gasteiger partial charge in [-0.3, -0.25) is 4.55 Å². The van der Waals surface area contributed by atoms with Crippen molar-refractivity contribution in [2.45, 2.75) is 11.8 Å². The third-order valence-corrected chi connectivity index (χ3v) is 8.02. The first-order chi connectivity index (χ1) is 18.7. The van der Waals surface area contributed by atoms with Crippen LogP contribution in [-0.4, -0.2) is 32.9 Å². The number of aromatic nitrogens is 4. The molecule has 0 atom stereocenters. The first kappa shape index (κ1) is 25.1. The highest BCUT2D eigenvalue weighted by Crippen LogP contribution is 2.32. The average molecular weight is 575 g/mol. The van der Waals surface area contributed by atoms with E-state index in [-0.39, 0.29) is 22.1 Å². The molecule has 6 aromatic rings. The Labute approximate surface area is 232 Å². The molecular formula is C27H19ClN6O3S2. The molecule has 2 aromatic heterocycles. The van der Waals surface area contributed by atoms with Crippen LogP contribution in [0.25, 0.3) is 31.6 Å². The van der Waals surface area contributed by atoms with Crippen molar-refractivity contribution in [2.24, 2.45) is 0 Å². The minimum Gasteiger partial charge on any atom is -0.324 e. The van der Waals surface area contributed by atoms with E-state index in [1.165, 1.54) is 17.7 Å². The fraction of sp³-hybridized carbons (Fsp3) is 0.0370. The van der Waals surface area contributed by atoms with Crippen molar-refractivity contribution in [3.63, 3.8) is 0 Å². The number of thiazole rings is 1. The maximum absolute atomic E-state index is 11.6. The zero-order valence-corrected chi connectivity index (χ0v) is 22.6. The molecule has 39 heavy (non-hydrogen) atoms. The summed E-state index contributed by atoms with van der Waals surface area (Å²) in [6, 6.07) is 23.6. The smallest absolute Gasteiger partial charge is 0.294 e. The maximum atomic E-state index is 11.6. The number of benzene rings is 4. The molecule has 194 valence electrons. The quantitative estimate of drug-likeness (QED) is 0.180. The summed E-state index contributed by atoms with van der Waals surface area (Å²) < 4.78 is 33.9. The van der Waals surface area contributed by atoms with Crippen LogP contribution in [0, 0.1) is 6.92 Å². The molecule has 0 spiro atoms. The molecule has 0 bridgehead atoms. The molecule has 0 aliphatic heterocycles. The van der Waals surface area contributed by atoms with Gasteiger partial charge in [-0.2, -0.15) is 23.4 Å². The molecule has 0 saturated carbocycles. The number of rotatable bonds is 6. The number of anilines is 4. The Morgan fingerprint density at radius 1 is 0.846 bits per heavy atom. The summed E-state index contributed by atoms with van der Waals surface area (Å²) in [5.41, 5.74) is 4.44. The highest BCUT2D eigenvalue weighted by molar-refractivity contribution is 7.85. The predicted octanol–water partition coefficient (Wildman–Crippen LogP) is 7.00. The van der Waals surface area contributed by atoms with E-state index < -0.39 is 10.1 Å². The van der Waals surface area contributed by atoms with Gasteiger partial charge in [-0.25, -0.2) is 4.98 Å². The van der Waals surface area contributed by atoms with E-state index >= 15 is 0 Å². The minimum atomic E-state index is -4.37. The van der Waals surface area contributed by atoms with Gasteiger partial charge in [0.25, 0.3) is 10.1 Å². The number of aryl methyl sites for hydroxylation is 1. The fourth-order valence-electron chi connectivity index (χ4n) is 4.08. The lowest BCUT2D eigenvalue weighted by molar-refractivity contribution is 0.483. The standard InChI is InChI=1S/C27H19ClN6O3S2/c1-15-5-12-22-23(13-15)38-24(30-22)17-6-9-18(10-7-17)29-26-32-25(28)33-27(34-26)31-21-4-2-3-16-8-11-19(14-20(16)21)39(35,36)37/h2-14H,1H3,(H,35,36,37)(H2,29,31,32,33,34). The van der Waals surface area contributed by atoms with Crippen LogP contribution in [0.2, 0.25) is 5.28 Å². The summed E-state index contributed by atoms with van der Waals surface area (Å²) in [4.78, 5) is 17.2. The second-order valence-corrected chi connectivity index (χ2v) is 11.5. The summed E-state index contributed by atoms with van der Waals surface area (Å²) >= 11 is 7.82. The summed E-state index contributed by atoms with van der Waals surface area (Å²) in [5.74, 6) is 0.378. The van der Waals surface area contributed by atoms with E-state index in [1.807, 2.05) is 36.4 Å². The SMILES string of the molecule is Cc1ccc2nc(-c3ccc(Nc4nc(Cl)nc(Nc5cccc6ccc(S(=O)(=O)O)cc56)n4)cc3)sc2c1. The minimum absolute atomic E-state index is 0.0322. The fourth-order valence-corrected chi connectivity index (χ4v) is 5.82. The van der Waals surface area contributed by atoms with E-state index in [0.29, 0.717) is 11.1 Å². The zero-order chi connectivity index (χ0) is 27.1. The van der Waals surface area contributed by atoms with Gasteiger partial charge in [-0.15, -0.1) is 11.3 Å². The largest absolute Gasteiger partial charge is 0.324 e. The summed E-state index contributed by atoms with van der Waals surface area (Å²) in [5, 5.41) is 8.42. The molecule has 12 heteroatoms. The molecule has 6 rings (SSSR count). The molecule has 0 aliphatic rings. The van der Waals surface area contributed by atoms with Crippen molar-refractivity contribution in [3.05, 3.63) is 89.7 Å². The molecule has 3 N–H and O–H groups in total. The third-order valence-electron chi connectivity index (χ3n) is 5.94. The molecule has 4 aromatic carbocycles. The monoisotopic (exact) mass is 574 g/mol. The van der Waals surface area contributed by atoms with Crippen LogP contribution in [0.3, 0.4) is 0 Å². The molecule has 0 aliphatic carbocycles. The first-order valence-electron chi connectivity index (χ1n) is 11.6. The van der Waals surface area contributed by atoms with Crippen LogP contribution in [0.4, 0.5) is 23.3 Å². The van der Waals surface area contributed by atoms with Crippen molar-refractivity contribution in [3.8, 4) is 10.6 Å². The second-order valence-electron chi connectivity index (χ2n) is 8.73. The van der Waals surface area contributed by atoms with Crippen LogP contribution >= 0.6 is 22.9 Å². The lowest BCUT2D eigenvalue weighted by atomic mass is 10.1. The van der Waals surface area contributed by atoms with E-state index in [4.69, 9.17) is 16.6 Å². The van der Waals surface area contributed by atoms with Gasteiger partial charge in [0.15, 0.2) is 0 Å². The van der Waals surface area contributed by atoms with Gasteiger partial charge in [0.2, 0.25) is 17.2 Å². The Balaban J connectivity index is 1.25. The number of halogens is 1. The van der Waals surface area contributed by atoms with Gasteiger partial charge in [0.1, 0.15) is 5.01 Å². The van der Waals surface area contributed by atoms with Crippen molar-refractivity contribution < 1.29 is 13.0 Å². The average Bonchev–Trinajstić information content (AvgIpc) is 3.31. The van der Waals surface area contributed by atoms with Crippen LogP contribution < -0.4 is 10.6 Å². The highest BCUT2D eigenvalue weighted by Gasteiger charge is 2.13. The van der Waals surface area contributed by atoms with Gasteiger partial charge in [-0.1, -0.05) is 24.3 Å². The zero-order valence-electron chi connectivity index (χ0n) is 20.3. The normalized spacial score (nSPS) is 11.7. The topological polar surface area (TPSA) is 130 Å². The van der Waals surface area contributed by atoms with Crippen LogP contribution in [0.15, 0.2) is 83.8 Å². The Bertz CT molecular complexity index is 1980. The molecule has 0 saturated heterocycles. The van der Waals surface area contributed by atoms with Crippen molar-refractivity contribution >= 4 is 77.3 Å². The number of hydrogen-bond acceptors (Lipinski definition) is 9. The van der Waals surface area contributed by atoms with E-state index in [9.17, 15) is 13.0 Å².